The van der Waals surface area contributed by atoms with Crippen LogP contribution in [0.2, 0.25) is 0 Å². The van der Waals surface area contributed by atoms with E-state index in [-0.39, 0.29) is 0 Å². The molecule has 0 saturated heterocycles. The summed E-state index contributed by atoms with van der Waals surface area (Å²) >= 11 is 3.33. The predicted octanol–water partition coefficient (Wildman–Crippen LogP) is 3.37. The monoisotopic (exact) mass is 259 g/mol. The summed E-state index contributed by atoms with van der Waals surface area (Å²) in [4.78, 5) is 0. The van der Waals surface area contributed by atoms with Gasteiger partial charge in [-0.15, -0.1) is 0 Å². The van der Waals surface area contributed by atoms with Crippen LogP contribution in [0.15, 0.2) is 28.7 Å². The largest absolute Gasteiger partial charge is 0.323 e. The van der Waals surface area contributed by atoms with Crippen LogP contribution in [-0.4, -0.2) is 5.54 Å². The Hall–Kier alpha value is -0.410. The summed E-state index contributed by atoms with van der Waals surface area (Å²) < 4.78 is 15.2. The van der Waals surface area contributed by atoms with Crippen LogP contribution >= 0.6 is 15.9 Å². The fourth-order valence-electron chi connectivity index (χ4n) is 1.19. The molecule has 1 rings (SSSR count). The molecule has 14 heavy (non-hydrogen) atoms. The Morgan fingerprint density at radius 1 is 1.21 bits per heavy atom. The highest BCUT2D eigenvalue weighted by molar-refractivity contribution is 9.10. The summed E-state index contributed by atoms with van der Waals surface area (Å²) in [5.74, 6) is 0. The Balaban J connectivity index is 3.23. The van der Waals surface area contributed by atoms with Gasteiger partial charge in [-0.2, -0.15) is 0 Å². The number of benzene rings is 1. The van der Waals surface area contributed by atoms with Gasteiger partial charge >= 0.3 is 0 Å². The maximum atomic E-state index is 14.4. The zero-order valence-electron chi connectivity index (χ0n) is 8.64. The molecule has 0 aliphatic rings. The number of rotatable bonds is 2. The molecule has 1 aromatic carbocycles. The van der Waals surface area contributed by atoms with Gasteiger partial charge in [-0.05, 0) is 26.8 Å². The Labute approximate surface area is 92.6 Å². The van der Waals surface area contributed by atoms with Crippen molar-refractivity contribution in [2.24, 2.45) is 5.73 Å². The van der Waals surface area contributed by atoms with Crippen LogP contribution in [0.3, 0.4) is 0 Å². The van der Waals surface area contributed by atoms with Crippen molar-refractivity contribution in [3.05, 3.63) is 34.3 Å². The highest BCUT2D eigenvalue weighted by atomic mass is 79.9. The SMILES string of the molecule is CC(C)(N)C(C)(F)c1ccccc1Br. The second-order valence-electron chi connectivity index (χ2n) is 4.20. The lowest BCUT2D eigenvalue weighted by atomic mass is 9.81. The molecule has 0 bridgehead atoms. The zero-order valence-corrected chi connectivity index (χ0v) is 10.2. The lowest BCUT2D eigenvalue weighted by Gasteiger charge is -2.35. The second-order valence-corrected chi connectivity index (χ2v) is 5.06. The minimum absolute atomic E-state index is 0.590. The lowest BCUT2D eigenvalue weighted by molar-refractivity contribution is 0.0947. The molecule has 0 fully saturated rings. The van der Waals surface area contributed by atoms with Gasteiger partial charge in [0.05, 0.1) is 0 Å². The summed E-state index contributed by atoms with van der Waals surface area (Å²) in [6, 6.07) is 7.23. The van der Waals surface area contributed by atoms with Crippen LogP contribution in [-0.2, 0) is 5.67 Å². The summed E-state index contributed by atoms with van der Waals surface area (Å²) in [5, 5.41) is 0. The van der Waals surface area contributed by atoms with Crippen LogP contribution in [0.1, 0.15) is 26.3 Å². The van der Waals surface area contributed by atoms with E-state index in [0.717, 1.165) is 4.47 Å². The molecular weight excluding hydrogens is 245 g/mol. The van der Waals surface area contributed by atoms with E-state index in [1.165, 1.54) is 6.92 Å². The first-order valence-corrected chi connectivity index (χ1v) is 5.29. The Bertz CT molecular complexity index is 328. The van der Waals surface area contributed by atoms with Crippen molar-refractivity contribution in [2.45, 2.75) is 32.0 Å². The van der Waals surface area contributed by atoms with E-state index in [9.17, 15) is 4.39 Å². The van der Waals surface area contributed by atoms with E-state index in [1.807, 2.05) is 18.2 Å². The van der Waals surface area contributed by atoms with Gasteiger partial charge in [-0.1, -0.05) is 34.1 Å². The first-order valence-electron chi connectivity index (χ1n) is 4.49. The molecule has 2 N–H and O–H groups in total. The van der Waals surface area contributed by atoms with Gasteiger partial charge < -0.3 is 5.73 Å². The summed E-state index contributed by atoms with van der Waals surface area (Å²) in [7, 11) is 0. The molecule has 1 aromatic rings. The van der Waals surface area contributed by atoms with Crippen molar-refractivity contribution in [1.29, 1.82) is 0 Å². The quantitative estimate of drug-likeness (QED) is 0.866. The molecule has 0 aliphatic carbocycles. The van der Waals surface area contributed by atoms with Gasteiger partial charge in [-0.25, -0.2) is 4.39 Å². The number of halogens is 2. The molecule has 78 valence electrons. The number of alkyl halides is 1. The minimum atomic E-state index is -1.55. The van der Waals surface area contributed by atoms with E-state index in [2.05, 4.69) is 15.9 Å². The zero-order chi connectivity index (χ0) is 11.0. The Morgan fingerprint density at radius 2 is 1.71 bits per heavy atom. The lowest BCUT2D eigenvalue weighted by Crippen LogP contribution is -2.49. The molecule has 0 saturated carbocycles. The topological polar surface area (TPSA) is 26.0 Å². The molecule has 0 amide bonds. The standard InChI is InChI=1S/C11H15BrFN/c1-10(2,14)11(3,13)8-6-4-5-7-9(8)12/h4-7H,14H2,1-3H3. The van der Waals surface area contributed by atoms with Crippen molar-refractivity contribution in [2.75, 3.05) is 0 Å². The molecule has 3 heteroatoms. The summed E-state index contributed by atoms with van der Waals surface area (Å²) in [6.45, 7) is 4.88. The fraction of sp³-hybridized carbons (Fsp3) is 0.455. The first-order chi connectivity index (χ1) is 6.27. The third-order valence-corrected chi connectivity index (χ3v) is 3.28. The Kier molecular flexibility index (Phi) is 3.02. The van der Waals surface area contributed by atoms with E-state index in [4.69, 9.17) is 5.73 Å². The minimum Gasteiger partial charge on any atom is -0.323 e. The number of nitrogens with two attached hydrogens (primary N) is 1. The third-order valence-electron chi connectivity index (χ3n) is 2.59. The average Bonchev–Trinajstić information content (AvgIpc) is 2.02. The molecule has 0 radical (unpaired) electrons. The second kappa shape index (κ2) is 3.63. The Morgan fingerprint density at radius 3 is 2.14 bits per heavy atom. The van der Waals surface area contributed by atoms with Gasteiger partial charge in [0.25, 0.3) is 0 Å². The summed E-state index contributed by atoms with van der Waals surface area (Å²) in [6.07, 6.45) is 0. The van der Waals surface area contributed by atoms with E-state index in [1.54, 1.807) is 19.9 Å². The van der Waals surface area contributed by atoms with Crippen LogP contribution in [0.5, 0.6) is 0 Å². The number of hydrogen-bond acceptors (Lipinski definition) is 1. The van der Waals surface area contributed by atoms with E-state index < -0.39 is 11.2 Å². The maximum Gasteiger partial charge on any atom is 0.151 e. The van der Waals surface area contributed by atoms with Crippen molar-refractivity contribution < 1.29 is 4.39 Å². The van der Waals surface area contributed by atoms with Crippen molar-refractivity contribution in [3.63, 3.8) is 0 Å². The van der Waals surface area contributed by atoms with Gasteiger partial charge in [0.2, 0.25) is 0 Å². The van der Waals surface area contributed by atoms with Gasteiger partial charge in [0.1, 0.15) is 0 Å². The molecule has 1 unspecified atom stereocenters. The molecule has 1 nitrogen and oxygen atoms in total. The highest BCUT2D eigenvalue weighted by Gasteiger charge is 2.41. The first kappa shape index (κ1) is 11.7. The predicted molar refractivity (Wildman–Crippen MR) is 60.9 cm³/mol. The van der Waals surface area contributed by atoms with Crippen molar-refractivity contribution >= 4 is 15.9 Å². The van der Waals surface area contributed by atoms with Crippen LogP contribution in [0.25, 0.3) is 0 Å². The van der Waals surface area contributed by atoms with Crippen LogP contribution in [0, 0.1) is 0 Å². The van der Waals surface area contributed by atoms with Crippen molar-refractivity contribution in [1.82, 2.24) is 0 Å². The maximum absolute atomic E-state index is 14.4. The number of hydrogen-bond donors (Lipinski definition) is 1. The van der Waals surface area contributed by atoms with E-state index >= 15 is 0 Å². The van der Waals surface area contributed by atoms with Gasteiger partial charge in [0.15, 0.2) is 5.67 Å². The highest BCUT2D eigenvalue weighted by Crippen LogP contribution is 2.38. The van der Waals surface area contributed by atoms with Crippen molar-refractivity contribution in [3.8, 4) is 0 Å². The molecule has 0 aliphatic heterocycles. The summed E-state index contributed by atoms with van der Waals surface area (Å²) in [5.41, 5.74) is 3.95. The smallest absolute Gasteiger partial charge is 0.151 e. The van der Waals surface area contributed by atoms with Crippen LogP contribution < -0.4 is 5.73 Å². The third kappa shape index (κ3) is 1.98. The van der Waals surface area contributed by atoms with E-state index in [0.29, 0.717) is 5.56 Å². The average molecular weight is 260 g/mol. The van der Waals surface area contributed by atoms with Gasteiger partial charge in [-0.3, -0.25) is 0 Å². The molecule has 0 aromatic heterocycles. The van der Waals surface area contributed by atoms with Crippen LogP contribution in [0.4, 0.5) is 4.39 Å². The normalized spacial score (nSPS) is 16.4. The molecular formula is C11H15BrFN. The fourth-order valence-corrected chi connectivity index (χ4v) is 1.85. The molecule has 1 atom stereocenters. The molecule has 0 heterocycles. The van der Waals surface area contributed by atoms with Gasteiger partial charge in [0, 0.05) is 15.6 Å². The molecule has 0 spiro atoms.